The van der Waals surface area contributed by atoms with E-state index in [0.29, 0.717) is 18.5 Å². The maximum atomic E-state index is 13.8. The quantitative estimate of drug-likeness (QED) is 0.431. The summed E-state index contributed by atoms with van der Waals surface area (Å²) < 4.78 is 31.2. The summed E-state index contributed by atoms with van der Waals surface area (Å²) in [4.78, 5) is 27.7. The third kappa shape index (κ3) is 5.44. The smallest absolute Gasteiger partial charge is 0.326 e. The molecule has 1 saturated heterocycles. The lowest BCUT2D eigenvalue weighted by Gasteiger charge is -2.40. The summed E-state index contributed by atoms with van der Waals surface area (Å²) >= 11 is 0. The van der Waals surface area contributed by atoms with Crippen LogP contribution in [0.3, 0.4) is 0 Å². The van der Waals surface area contributed by atoms with Gasteiger partial charge in [0.2, 0.25) is 5.91 Å². The van der Waals surface area contributed by atoms with Crippen molar-refractivity contribution in [2.45, 2.75) is 34.9 Å². The van der Waals surface area contributed by atoms with Gasteiger partial charge in [0, 0.05) is 18.5 Å². The van der Waals surface area contributed by atoms with Gasteiger partial charge in [-0.25, -0.2) is 13.2 Å². The van der Waals surface area contributed by atoms with E-state index in [0.717, 1.165) is 16.9 Å². The van der Waals surface area contributed by atoms with Crippen LogP contribution in [-0.2, 0) is 25.8 Å². The number of rotatable bonds is 9. The molecule has 4 rings (SSSR count). The highest BCUT2D eigenvalue weighted by atomic mass is 32.2. The second kappa shape index (κ2) is 11.4. The van der Waals surface area contributed by atoms with Gasteiger partial charge in [0.15, 0.2) is 14.6 Å². The number of sulfone groups is 1. The van der Waals surface area contributed by atoms with Crippen LogP contribution in [0.15, 0.2) is 83.8 Å². The van der Waals surface area contributed by atoms with Crippen molar-refractivity contribution in [3.05, 3.63) is 84.4 Å². The second-order valence-electron chi connectivity index (χ2n) is 9.62. The molecule has 1 amide bonds. The number of piperidine rings is 1. The number of carbonyl (C=O) groups is 2. The molecule has 8 nitrogen and oxygen atoms in total. The molecule has 3 aromatic carbocycles. The fourth-order valence-corrected chi connectivity index (χ4v) is 7.08. The number of carboxylic acids is 1. The molecule has 38 heavy (non-hydrogen) atoms. The molecule has 2 atom stereocenters. The Morgan fingerprint density at radius 3 is 2.32 bits per heavy atom. The minimum Gasteiger partial charge on any atom is -0.496 e. The molecule has 3 aromatic rings. The Labute approximate surface area is 223 Å². The van der Waals surface area contributed by atoms with Crippen molar-refractivity contribution in [1.82, 2.24) is 10.2 Å². The maximum absolute atomic E-state index is 13.8. The first-order valence-electron chi connectivity index (χ1n) is 12.4. The first kappa shape index (κ1) is 27.3. The Bertz CT molecular complexity index is 1390. The fourth-order valence-electron chi connectivity index (χ4n) is 5.01. The number of carboxylic acid groups (broad SMARTS) is 1. The molecule has 0 bridgehead atoms. The zero-order chi connectivity index (χ0) is 27.3. The normalized spacial score (nSPS) is 18.9. The molecule has 9 heteroatoms. The summed E-state index contributed by atoms with van der Waals surface area (Å²) in [6.45, 7) is 0.635. The molecule has 1 aliphatic rings. The van der Waals surface area contributed by atoms with Crippen LogP contribution >= 0.6 is 0 Å². The first-order chi connectivity index (χ1) is 18.2. The number of ether oxygens (including phenoxy) is 1. The van der Waals surface area contributed by atoms with Crippen molar-refractivity contribution in [1.29, 1.82) is 0 Å². The van der Waals surface area contributed by atoms with Crippen molar-refractivity contribution >= 4 is 21.7 Å². The summed E-state index contributed by atoms with van der Waals surface area (Å²) in [6, 6.07) is 21.5. The average Bonchev–Trinajstić information content (AvgIpc) is 2.93. The fraction of sp³-hybridized carbons (Fsp3) is 0.310. The lowest BCUT2D eigenvalue weighted by molar-refractivity contribution is -0.142. The lowest BCUT2D eigenvalue weighted by atomic mass is 9.95. The molecular weight excluding hydrogens is 504 g/mol. The number of nitrogens with one attached hydrogen (secondary N) is 1. The van der Waals surface area contributed by atoms with E-state index in [9.17, 15) is 23.1 Å². The number of amides is 1. The van der Waals surface area contributed by atoms with Crippen molar-refractivity contribution in [3.63, 3.8) is 0 Å². The first-order valence-corrected chi connectivity index (χ1v) is 13.9. The highest BCUT2D eigenvalue weighted by Crippen LogP contribution is 2.35. The number of nitrogens with zero attached hydrogens (tertiary/aromatic N) is 1. The van der Waals surface area contributed by atoms with Crippen LogP contribution in [0.25, 0.3) is 11.1 Å². The Morgan fingerprint density at radius 2 is 1.68 bits per heavy atom. The number of aliphatic carboxylic acids is 1. The Morgan fingerprint density at radius 1 is 1.03 bits per heavy atom. The van der Waals surface area contributed by atoms with E-state index in [4.69, 9.17) is 4.74 Å². The summed E-state index contributed by atoms with van der Waals surface area (Å²) in [7, 11) is -0.738. The molecule has 0 aliphatic carbocycles. The van der Waals surface area contributed by atoms with E-state index in [1.165, 1.54) is 12.1 Å². The predicted octanol–water partition coefficient (Wildman–Crippen LogP) is 3.41. The van der Waals surface area contributed by atoms with Crippen molar-refractivity contribution in [2.24, 2.45) is 0 Å². The van der Waals surface area contributed by atoms with Gasteiger partial charge < -0.3 is 20.1 Å². The summed E-state index contributed by atoms with van der Waals surface area (Å²) in [6.07, 6.45) is 0.614. The molecule has 1 heterocycles. The molecule has 0 saturated carbocycles. The van der Waals surface area contributed by atoms with Crippen LogP contribution < -0.4 is 10.1 Å². The SMILES string of the molecule is COc1ccccc1-c1ccc(C[C@H](NC(=O)C2(S(=O)(=O)c3ccccc3)CCCN(C)C2)C(=O)O)cc1. The third-order valence-electron chi connectivity index (χ3n) is 7.04. The molecule has 0 aromatic heterocycles. The van der Waals surface area contributed by atoms with Crippen LogP contribution in [-0.4, -0.2) is 68.3 Å². The van der Waals surface area contributed by atoms with Gasteiger partial charge in [-0.3, -0.25) is 4.79 Å². The highest BCUT2D eigenvalue weighted by molar-refractivity contribution is 7.93. The highest BCUT2D eigenvalue weighted by Gasteiger charge is 2.53. The number of likely N-dealkylation sites (tertiary alicyclic amines) is 1. The molecule has 0 spiro atoms. The summed E-state index contributed by atoms with van der Waals surface area (Å²) in [5.74, 6) is -1.30. The molecule has 1 aliphatic heterocycles. The number of para-hydroxylation sites is 1. The van der Waals surface area contributed by atoms with Gasteiger partial charge in [0.25, 0.3) is 0 Å². The Kier molecular flexibility index (Phi) is 8.18. The van der Waals surface area contributed by atoms with E-state index < -0.39 is 32.5 Å². The van der Waals surface area contributed by atoms with Crippen LogP contribution in [0.4, 0.5) is 0 Å². The molecule has 200 valence electrons. The number of methoxy groups -OCH3 is 1. The van der Waals surface area contributed by atoms with Gasteiger partial charge in [-0.2, -0.15) is 0 Å². The van der Waals surface area contributed by atoms with E-state index >= 15 is 0 Å². The average molecular weight is 537 g/mol. The van der Waals surface area contributed by atoms with E-state index in [1.54, 1.807) is 49.4 Å². The van der Waals surface area contributed by atoms with Crippen LogP contribution in [0, 0.1) is 0 Å². The largest absolute Gasteiger partial charge is 0.496 e. The second-order valence-corrected chi connectivity index (χ2v) is 11.9. The number of carbonyl (C=O) groups excluding carboxylic acids is 1. The van der Waals surface area contributed by atoms with E-state index in [1.807, 2.05) is 36.4 Å². The Hall–Kier alpha value is -3.69. The monoisotopic (exact) mass is 536 g/mol. The number of benzene rings is 3. The van der Waals surface area contributed by atoms with Gasteiger partial charge in [-0.15, -0.1) is 0 Å². The molecule has 2 N–H and O–H groups in total. The zero-order valence-corrected chi connectivity index (χ0v) is 22.3. The number of hydrogen-bond acceptors (Lipinski definition) is 6. The lowest BCUT2D eigenvalue weighted by Crippen LogP contribution is -2.62. The minimum atomic E-state index is -4.10. The van der Waals surface area contributed by atoms with Gasteiger partial charge in [-0.05, 0) is 55.8 Å². The van der Waals surface area contributed by atoms with Crippen LogP contribution in [0.1, 0.15) is 18.4 Å². The zero-order valence-electron chi connectivity index (χ0n) is 21.5. The van der Waals surface area contributed by atoms with E-state index in [-0.39, 0.29) is 24.3 Å². The molecule has 1 fully saturated rings. The number of hydrogen-bond donors (Lipinski definition) is 2. The van der Waals surface area contributed by atoms with Gasteiger partial charge in [-0.1, -0.05) is 60.7 Å². The van der Waals surface area contributed by atoms with Crippen molar-refractivity contribution in [2.75, 3.05) is 27.2 Å². The van der Waals surface area contributed by atoms with Crippen LogP contribution in [0.5, 0.6) is 5.75 Å². The van der Waals surface area contributed by atoms with Crippen molar-refractivity contribution in [3.8, 4) is 16.9 Å². The molecule has 1 unspecified atom stereocenters. The topological polar surface area (TPSA) is 113 Å². The minimum absolute atomic E-state index is 0.00455. The molecule has 0 radical (unpaired) electrons. The van der Waals surface area contributed by atoms with Gasteiger partial charge in [0.05, 0.1) is 12.0 Å². The summed E-state index contributed by atoms with van der Waals surface area (Å²) in [5.41, 5.74) is 2.50. The maximum Gasteiger partial charge on any atom is 0.326 e. The van der Waals surface area contributed by atoms with E-state index in [2.05, 4.69) is 5.32 Å². The standard InChI is InChI=1S/C29H32N2O6S/c1-31-18-8-17-29(20-31,38(35,36)23-9-4-3-5-10-23)28(34)30-25(27(32)33)19-21-13-15-22(16-14-21)24-11-6-7-12-26(24)37-2/h3-7,9-16,25H,8,17-20H2,1-2H3,(H,30,34)(H,32,33)/t25-,29?/m0/s1. The van der Waals surface area contributed by atoms with Gasteiger partial charge in [0.1, 0.15) is 11.8 Å². The predicted molar refractivity (Wildman–Crippen MR) is 145 cm³/mol. The third-order valence-corrected chi connectivity index (χ3v) is 9.48. The Balaban J connectivity index is 1.59. The molecular formula is C29H32N2O6S. The summed E-state index contributed by atoms with van der Waals surface area (Å²) in [5, 5.41) is 12.5. The van der Waals surface area contributed by atoms with Crippen molar-refractivity contribution < 1.29 is 27.9 Å². The van der Waals surface area contributed by atoms with Crippen LogP contribution in [0.2, 0.25) is 0 Å². The van der Waals surface area contributed by atoms with Gasteiger partial charge >= 0.3 is 5.97 Å².